The van der Waals surface area contributed by atoms with E-state index in [2.05, 4.69) is 64.1 Å². The topological polar surface area (TPSA) is 35.2 Å². The van der Waals surface area contributed by atoms with Gasteiger partial charge in [-0.1, -0.05) is 35.9 Å². The van der Waals surface area contributed by atoms with Crippen LogP contribution in [0, 0.1) is 27.7 Å². The van der Waals surface area contributed by atoms with Gasteiger partial charge >= 0.3 is 0 Å². The van der Waals surface area contributed by atoms with Gasteiger partial charge in [0.05, 0.1) is 0 Å². The maximum atomic E-state index is 6.16. The lowest BCUT2D eigenvalue weighted by molar-refractivity contribution is 0.212. The highest BCUT2D eigenvalue weighted by molar-refractivity contribution is 5.42. The third-order valence-electron chi connectivity index (χ3n) is 3.70. The van der Waals surface area contributed by atoms with E-state index in [4.69, 9.17) is 10.5 Å². The molecule has 0 fully saturated rings. The molecule has 106 valence electrons. The Bertz CT molecular complexity index is 587. The zero-order valence-electron chi connectivity index (χ0n) is 12.7. The molecule has 0 aliphatic carbocycles. The summed E-state index contributed by atoms with van der Waals surface area (Å²) in [6, 6.07) is 12.6. The van der Waals surface area contributed by atoms with E-state index in [1.54, 1.807) is 0 Å². The Morgan fingerprint density at radius 2 is 1.60 bits per heavy atom. The highest BCUT2D eigenvalue weighted by Crippen LogP contribution is 2.28. The van der Waals surface area contributed by atoms with Crippen LogP contribution in [0.3, 0.4) is 0 Å². The van der Waals surface area contributed by atoms with Crippen LogP contribution < -0.4 is 10.5 Å². The smallest absolute Gasteiger partial charge is 0.136 e. The molecule has 0 amide bonds. The summed E-state index contributed by atoms with van der Waals surface area (Å²) in [5.74, 6) is 0.929. The largest absolute Gasteiger partial charge is 0.484 e. The quantitative estimate of drug-likeness (QED) is 0.910. The van der Waals surface area contributed by atoms with Gasteiger partial charge in [-0.25, -0.2) is 0 Å². The number of aryl methyl sites for hydroxylation is 3. The summed E-state index contributed by atoms with van der Waals surface area (Å²) in [5.41, 5.74) is 11.9. The van der Waals surface area contributed by atoms with Gasteiger partial charge < -0.3 is 10.5 Å². The summed E-state index contributed by atoms with van der Waals surface area (Å²) in [5, 5.41) is 0. The van der Waals surface area contributed by atoms with Crippen molar-refractivity contribution < 1.29 is 4.74 Å². The molecule has 0 spiro atoms. The molecule has 1 unspecified atom stereocenters. The van der Waals surface area contributed by atoms with Gasteiger partial charge in [0.2, 0.25) is 0 Å². The summed E-state index contributed by atoms with van der Waals surface area (Å²) in [4.78, 5) is 0. The third-order valence-corrected chi connectivity index (χ3v) is 3.70. The van der Waals surface area contributed by atoms with Crippen molar-refractivity contribution in [2.24, 2.45) is 5.73 Å². The Labute approximate surface area is 121 Å². The Hall–Kier alpha value is -1.80. The predicted octanol–water partition coefficient (Wildman–Crippen LogP) is 4.00. The second-order valence-electron chi connectivity index (χ2n) is 5.46. The molecule has 0 radical (unpaired) electrons. The first kappa shape index (κ1) is 14.6. The number of benzene rings is 2. The molecular weight excluding hydrogens is 246 g/mol. The minimum absolute atomic E-state index is 0.101. The van der Waals surface area contributed by atoms with E-state index < -0.39 is 0 Å². The second kappa shape index (κ2) is 6.10. The van der Waals surface area contributed by atoms with Crippen LogP contribution in [-0.4, -0.2) is 6.54 Å². The van der Waals surface area contributed by atoms with E-state index >= 15 is 0 Å². The van der Waals surface area contributed by atoms with Gasteiger partial charge in [0.15, 0.2) is 0 Å². The lowest BCUT2D eigenvalue weighted by Gasteiger charge is -2.20. The monoisotopic (exact) mass is 269 g/mol. The number of rotatable bonds is 4. The van der Waals surface area contributed by atoms with Gasteiger partial charge in [-0.15, -0.1) is 0 Å². The fourth-order valence-corrected chi connectivity index (χ4v) is 2.31. The fourth-order valence-electron chi connectivity index (χ4n) is 2.31. The molecule has 20 heavy (non-hydrogen) atoms. The highest BCUT2D eigenvalue weighted by atomic mass is 16.5. The minimum Gasteiger partial charge on any atom is -0.484 e. The van der Waals surface area contributed by atoms with Crippen molar-refractivity contribution in [2.45, 2.75) is 33.8 Å². The molecule has 0 saturated carbocycles. The van der Waals surface area contributed by atoms with Crippen molar-refractivity contribution in [3.8, 4) is 5.75 Å². The van der Waals surface area contributed by atoms with Crippen LogP contribution in [0.2, 0.25) is 0 Å². The molecule has 2 aromatic rings. The van der Waals surface area contributed by atoms with Gasteiger partial charge in [-0.05, 0) is 56.0 Å². The highest BCUT2D eigenvalue weighted by Gasteiger charge is 2.13. The first-order valence-corrected chi connectivity index (χ1v) is 7.02. The zero-order chi connectivity index (χ0) is 14.7. The van der Waals surface area contributed by atoms with Gasteiger partial charge in [0, 0.05) is 6.54 Å². The molecule has 2 nitrogen and oxygen atoms in total. The van der Waals surface area contributed by atoms with Crippen LogP contribution in [0.1, 0.15) is 33.9 Å². The van der Waals surface area contributed by atoms with E-state index in [1.165, 1.54) is 22.3 Å². The maximum absolute atomic E-state index is 6.16. The van der Waals surface area contributed by atoms with Crippen molar-refractivity contribution >= 4 is 0 Å². The predicted molar refractivity (Wildman–Crippen MR) is 84.3 cm³/mol. The number of hydrogen-bond acceptors (Lipinski definition) is 2. The summed E-state index contributed by atoms with van der Waals surface area (Å²) in [6.07, 6.45) is -0.101. The zero-order valence-corrected chi connectivity index (χ0v) is 12.7. The van der Waals surface area contributed by atoms with Crippen LogP contribution in [-0.2, 0) is 0 Å². The van der Waals surface area contributed by atoms with Crippen LogP contribution in [0.15, 0.2) is 36.4 Å². The SMILES string of the molecule is Cc1ccc(C(CN)Oc2cc(C)cc(C)c2C)cc1. The molecular formula is C18H23NO. The van der Waals surface area contributed by atoms with E-state index in [9.17, 15) is 0 Å². The standard InChI is InChI=1S/C18H23NO/c1-12-5-7-16(8-6-12)18(11-19)20-17-10-13(2)9-14(3)15(17)4/h5-10,18H,11,19H2,1-4H3. The maximum Gasteiger partial charge on any atom is 0.136 e. The van der Waals surface area contributed by atoms with Gasteiger partial charge in [-0.2, -0.15) is 0 Å². The molecule has 2 aromatic carbocycles. The molecule has 2 heteroatoms. The molecule has 2 N–H and O–H groups in total. The van der Waals surface area contributed by atoms with Crippen molar-refractivity contribution in [1.82, 2.24) is 0 Å². The molecule has 1 atom stereocenters. The average Bonchev–Trinajstić information content (AvgIpc) is 2.42. The van der Waals surface area contributed by atoms with Crippen LogP contribution in [0.5, 0.6) is 5.75 Å². The van der Waals surface area contributed by atoms with Crippen molar-refractivity contribution in [2.75, 3.05) is 6.54 Å². The average molecular weight is 269 g/mol. The molecule has 0 heterocycles. The van der Waals surface area contributed by atoms with E-state index in [-0.39, 0.29) is 6.10 Å². The van der Waals surface area contributed by atoms with Crippen molar-refractivity contribution in [3.05, 3.63) is 64.2 Å². The summed E-state index contributed by atoms with van der Waals surface area (Å²) in [7, 11) is 0. The van der Waals surface area contributed by atoms with Crippen LogP contribution in [0.4, 0.5) is 0 Å². The summed E-state index contributed by atoms with van der Waals surface area (Å²) >= 11 is 0. The Morgan fingerprint density at radius 1 is 0.950 bits per heavy atom. The Balaban J connectivity index is 2.29. The third kappa shape index (κ3) is 3.20. The molecule has 2 rings (SSSR count). The second-order valence-corrected chi connectivity index (χ2v) is 5.46. The van der Waals surface area contributed by atoms with Gasteiger partial charge in [0.1, 0.15) is 11.9 Å². The molecule has 0 aromatic heterocycles. The van der Waals surface area contributed by atoms with Crippen LogP contribution in [0.25, 0.3) is 0 Å². The normalized spacial score (nSPS) is 12.2. The lowest BCUT2D eigenvalue weighted by atomic mass is 10.0. The Morgan fingerprint density at radius 3 is 2.20 bits per heavy atom. The summed E-state index contributed by atoms with van der Waals surface area (Å²) < 4.78 is 6.16. The van der Waals surface area contributed by atoms with Crippen molar-refractivity contribution in [1.29, 1.82) is 0 Å². The van der Waals surface area contributed by atoms with Gasteiger partial charge in [-0.3, -0.25) is 0 Å². The molecule has 0 saturated heterocycles. The van der Waals surface area contributed by atoms with Gasteiger partial charge in [0.25, 0.3) is 0 Å². The molecule has 0 bridgehead atoms. The van der Waals surface area contributed by atoms with E-state index in [1.807, 2.05) is 0 Å². The lowest BCUT2D eigenvalue weighted by Crippen LogP contribution is -2.19. The van der Waals surface area contributed by atoms with Crippen LogP contribution >= 0.6 is 0 Å². The summed E-state index contributed by atoms with van der Waals surface area (Å²) in [6.45, 7) is 8.83. The molecule has 0 aliphatic heterocycles. The number of hydrogen-bond donors (Lipinski definition) is 1. The first-order valence-electron chi connectivity index (χ1n) is 7.02. The Kier molecular flexibility index (Phi) is 4.46. The van der Waals surface area contributed by atoms with E-state index in [0.717, 1.165) is 11.3 Å². The van der Waals surface area contributed by atoms with Crippen molar-refractivity contribution in [3.63, 3.8) is 0 Å². The number of nitrogens with two attached hydrogens (primary N) is 1. The fraction of sp³-hybridized carbons (Fsp3) is 0.333. The molecule has 0 aliphatic rings. The minimum atomic E-state index is -0.101. The number of ether oxygens (including phenoxy) is 1. The van der Waals surface area contributed by atoms with E-state index in [0.29, 0.717) is 6.54 Å². The first-order chi connectivity index (χ1) is 9.51.